The van der Waals surface area contributed by atoms with Gasteiger partial charge >= 0.3 is 5.97 Å². The lowest BCUT2D eigenvalue weighted by molar-refractivity contribution is -0.120. The maximum atomic E-state index is 12.8. The summed E-state index contributed by atoms with van der Waals surface area (Å²) in [5.74, 6) is -1.30. The number of amides is 1. The molecule has 1 aliphatic heterocycles. The van der Waals surface area contributed by atoms with Crippen LogP contribution in [0.1, 0.15) is 23.2 Å². The second kappa shape index (κ2) is 8.20. The number of benzene rings is 1. The zero-order valence-electron chi connectivity index (χ0n) is 14.8. The van der Waals surface area contributed by atoms with E-state index in [1.807, 2.05) is 0 Å². The number of sulfonamides is 1. The van der Waals surface area contributed by atoms with Gasteiger partial charge in [0.15, 0.2) is 0 Å². The molecule has 9 heteroatoms. The molecule has 1 atom stereocenters. The highest BCUT2D eigenvalue weighted by Gasteiger charge is 2.33. The van der Waals surface area contributed by atoms with Crippen LogP contribution in [0.5, 0.6) is 0 Å². The van der Waals surface area contributed by atoms with Gasteiger partial charge in [-0.15, -0.1) is 11.3 Å². The Labute approximate surface area is 162 Å². The molecular weight excluding hydrogens is 388 g/mol. The zero-order chi connectivity index (χ0) is 19.4. The van der Waals surface area contributed by atoms with Crippen LogP contribution in [-0.2, 0) is 19.6 Å². The van der Waals surface area contributed by atoms with E-state index in [0.29, 0.717) is 30.0 Å². The van der Waals surface area contributed by atoms with Crippen LogP contribution < -0.4 is 5.32 Å². The fourth-order valence-corrected chi connectivity index (χ4v) is 5.33. The van der Waals surface area contributed by atoms with Crippen LogP contribution in [0.4, 0.5) is 5.00 Å². The van der Waals surface area contributed by atoms with E-state index in [4.69, 9.17) is 4.74 Å². The smallest absolute Gasteiger partial charge is 0.340 e. The molecule has 144 valence electrons. The number of piperidine rings is 1. The molecule has 2 aromatic rings. The number of rotatable bonds is 5. The number of nitrogens with one attached hydrogen (secondary N) is 1. The Hall–Kier alpha value is -2.23. The van der Waals surface area contributed by atoms with Crippen molar-refractivity contribution in [2.45, 2.75) is 17.7 Å². The minimum atomic E-state index is -3.63. The van der Waals surface area contributed by atoms with Crippen molar-refractivity contribution in [2.75, 3.05) is 25.5 Å². The monoisotopic (exact) mass is 408 g/mol. The highest BCUT2D eigenvalue weighted by molar-refractivity contribution is 7.89. The number of hydrogen-bond donors (Lipinski definition) is 1. The summed E-state index contributed by atoms with van der Waals surface area (Å²) in [6.45, 7) is 0.495. The number of thiophene rings is 1. The van der Waals surface area contributed by atoms with Crippen LogP contribution in [0, 0.1) is 5.92 Å². The number of anilines is 1. The molecule has 0 saturated carbocycles. The lowest BCUT2D eigenvalue weighted by atomic mass is 9.99. The summed E-state index contributed by atoms with van der Waals surface area (Å²) in [5, 5.41) is 4.85. The third-order valence-electron chi connectivity index (χ3n) is 4.44. The second-order valence-corrected chi connectivity index (χ2v) is 9.01. The molecule has 1 amide bonds. The van der Waals surface area contributed by atoms with Crippen LogP contribution >= 0.6 is 11.3 Å². The van der Waals surface area contributed by atoms with Gasteiger partial charge in [-0.1, -0.05) is 18.2 Å². The molecule has 1 N–H and O–H groups in total. The van der Waals surface area contributed by atoms with Gasteiger partial charge in [0, 0.05) is 13.1 Å². The topological polar surface area (TPSA) is 92.8 Å². The first kappa shape index (κ1) is 19.5. The van der Waals surface area contributed by atoms with Gasteiger partial charge in [-0.3, -0.25) is 4.79 Å². The van der Waals surface area contributed by atoms with Gasteiger partial charge in [0.1, 0.15) is 5.00 Å². The van der Waals surface area contributed by atoms with Crippen LogP contribution in [0.25, 0.3) is 0 Å². The van der Waals surface area contributed by atoms with Gasteiger partial charge in [-0.25, -0.2) is 13.2 Å². The summed E-state index contributed by atoms with van der Waals surface area (Å²) in [6, 6.07) is 9.78. The maximum absolute atomic E-state index is 12.8. The Kier molecular flexibility index (Phi) is 5.93. The van der Waals surface area contributed by atoms with Crippen LogP contribution in [0.3, 0.4) is 0 Å². The molecule has 1 saturated heterocycles. The predicted octanol–water partition coefficient (Wildman–Crippen LogP) is 2.57. The summed E-state index contributed by atoms with van der Waals surface area (Å²) in [7, 11) is -2.36. The highest BCUT2D eigenvalue weighted by atomic mass is 32.2. The Morgan fingerprint density at radius 3 is 2.67 bits per heavy atom. The first-order valence-corrected chi connectivity index (χ1v) is 10.8. The number of methoxy groups -OCH3 is 1. The Bertz CT molecular complexity index is 924. The van der Waals surface area contributed by atoms with E-state index in [1.54, 1.807) is 41.8 Å². The van der Waals surface area contributed by atoms with Crippen molar-refractivity contribution >= 4 is 38.2 Å². The number of hydrogen-bond acceptors (Lipinski definition) is 6. The lowest BCUT2D eigenvalue weighted by Crippen LogP contribution is -2.43. The van der Waals surface area contributed by atoms with Gasteiger partial charge in [0.25, 0.3) is 0 Å². The molecule has 2 heterocycles. The predicted molar refractivity (Wildman–Crippen MR) is 102 cm³/mol. The summed E-state index contributed by atoms with van der Waals surface area (Å²) in [4.78, 5) is 24.6. The van der Waals surface area contributed by atoms with E-state index in [-0.39, 0.29) is 17.3 Å². The molecule has 1 aromatic heterocycles. The number of ether oxygens (including phenoxy) is 1. The standard InChI is InChI=1S/C18H20N2O5S2/c1-25-18(22)15-9-11-26-17(15)19-16(21)13-6-5-10-20(12-13)27(23,24)14-7-3-2-4-8-14/h2-4,7-9,11,13H,5-6,10,12H2,1H3,(H,19,21). The van der Waals surface area contributed by atoms with E-state index < -0.39 is 21.9 Å². The third kappa shape index (κ3) is 4.20. The minimum absolute atomic E-state index is 0.113. The molecule has 0 radical (unpaired) electrons. The quantitative estimate of drug-likeness (QED) is 0.768. The maximum Gasteiger partial charge on any atom is 0.340 e. The van der Waals surface area contributed by atoms with Crippen molar-refractivity contribution in [3.8, 4) is 0 Å². The van der Waals surface area contributed by atoms with Crippen LogP contribution in [0.15, 0.2) is 46.7 Å². The third-order valence-corrected chi connectivity index (χ3v) is 7.15. The molecule has 0 bridgehead atoms. The van der Waals surface area contributed by atoms with E-state index in [2.05, 4.69) is 5.32 Å². The largest absolute Gasteiger partial charge is 0.465 e. The zero-order valence-corrected chi connectivity index (χ0v) is 16.4. The fourth-order valence-electron chi connectivity index (χ4n) is 3.01. The number of carbonyl (C=O) groups excluding carboxylic acids is 2. The summed E-state index contributed by atoms with van der Waals surface area (Å²) >= 11 is 1.22. The molecule has 0 aliphatic carbocycles. The second-order valence-electron chi connectivity index (χ2n) is 6.16. The molecule has 3 rings (SSSR count). The first-order valence-electron chi connectivity index (χ1n) is 8.45. The average Bonchev–Trinajstić information content (AvgIpc) is 3.16. The van der Waals surface area contributed by atoms with Gasteiger partial charge < -0.3 is 10.1 Å². The number of carbonyl (C=O) groups is 2. The number of esters is 1. The van der Waals surface area contributed by atoms with Gasteiger partial charge in [-0.05, 0) is 36.4 Å². The number of nitrogens with zero attached hydrogens (tertiary/aromatic N) is 1. The molecule has 27 heavy (non-hydrogen) atoms. The van der Waals surface area contributed by atoms with Crippen molar-refractivity contribution in [3.63, 3.8) is 0 Å². The molecule has 0 spiro atoms. The van der Waals surface area contributed by atoms with Crippen molar-refractivity contribution < 1.29 is 22.7 Å². The first-order chi connectivity index (χ1) is 12.9. The Balaban J connectivity index is 1.72. The summed E-state index contributed by atoms with van der Waals surface area (Å²) < 4.78 is 31.6. The minimum Gasteiger partial charge on any atom is -0.465 e. The van der Waals surface area contributed by atoms with Crippen molar-refractivity contribution in [2.24, 2.45) is 5.92 Å². The van der Waals surface area contributed by atoms with E-state index in [1.165, 1.54) is 22.8 Å². The van der Waals surface area contributed by atoms with Crippen molar-refractivity contribution in [1.82, 2.24) is 4.31 Å². The van der Waals surface area contributed by atoms with Crippen LogP contribution in [0.2, 0.25) is 0 Å². The van der Waals surface area contributed by atoms with E-state index >= 15 is 0 Å². The molecule has 1 fully saturated rings. The molecule has 1 aromatic carbocycles. The Morgan fingerprint density at radius 1 is 1.22 bits per heavy atom. The molecular formula is C18H20N2O5S2. The van der Waals surface area contributed by atoms with Gasteiger partial charge in [0.2, 0.25) is 15.9 Å². The van der Waals surface area contributed by atoms with E-state index in [9.17, 15) is 18.0 Å². The Morgan fingerprint density at radius 2 is 1.96 bits per heavy atom. The summed E-state index contributed by atoms with van der Waals surface area (Å²) in [6.07, 6.45) is 1.18. The van der Waals surface area contributed by atoms with Gasteiger partial charge in [0.05, 0.1) is 23.5 Å². The van der Waals surface area contributed by atoms with Crippen molar-refractivity contribution in [1.29, 1.82) is 0 Å². The summed E-state index contributed by atoms with van der Waals surface area (Å²) in [5.41, 5.74) is 0.292. The SMILES string of the molecule is COC(=O)c1ccsc1NC(=O)C1CCCN(S(=O)(=O)c2ccccc2)C1. The van der Waals surface area contributed by atoms with E-state index in [0.717, 1.165) is 0 Å². The molecule has 1 unspecified atom stereocenters. The highest BCUT2D eigenvalue weighted by Crippen LogP contribution is 2.28. The lowest BCUT2D eigenvalue weighted by Gasteiger charge is -2.31. The fraction of sp³-hybridized carbons (Fsp3) is 0.333. The molecule has 7 nitrogen and oxygen atoms in total. The van der Waals surface area contributed by atoms with Crippen molar-refractivity contribution in [3.05, 3.63) is 47.3 Å². The van der Waals surface area contributed by atoms with Crippen LogP contribution in [-0.4, -0.2) is 44.8 Å². The normalized spacial score (nSPS) is 18.0. The van der Waals surface area contributed by atoms with Gasteiger partial charge in [-0.2, -0.15) is 4.31 Å². The average molecular weight is 409 g/mol. The molecule has 1 aliphatic rings.